The Morgan fingerprint density at radius 1 is 1.32 bits per heavy atom. The van der Waals surface area contributed by atoms with Crippen LogP contribution in [0.3, 0.4) is 0 Å². The summed E-state index contributed by atoms with van der Waals surface area (Å²) in [6, 6.07) is 6.95. The highest BCUT2D eigenvalue weighted by molar-refractivity contribution is 6.07. The van der Waals surface area contributed by atoms with E-state index in [4.69, 9.17) is 0 Å². The van der Waals surface area contributed by atoms with Crippen LogP contribution in [0.15, 0.2) is 30.5 Å². The maximum atomic E-state index is 12.2. The van der Waals surface area contributed by atoms with Crippen LogP contribution in [0, 0.1) is 0 Å². The fraction of sp³-hybridized carbons (Fsp3) is 0.286. The second-order valence-corrected chi connectivity index (χ2v) is 4.39. The smallest absolute Gasteiger partial charge is 0.328 e. The van der Waals surface area contributed by atoms with Crippen LogP contribution in [0.1, 0.15) is 17.3 Å². The third-order valence-corrected chi connectivity index (χ3v) is 3.04. The fourth-order valence-corrected chi connectivity index (χ4v) is 2.03. The Morgan fingerprint density at radius 2 is 2.00 bits per heavy atom. The number of carbonyl (C=O) groups is 2. The van der Waals surface area contributed by atoms with Crippen LogP contribution in [0.25, 0.3) is 10.9 Å². The van der Waals surface area contributed by atoms with Gasteiger partial charge < -0.3 is 14.6 Å². The molecule has 0 saturated heterocycles. The lowest BCUT2D eigenvalue weighted by molar-refractivity contribution is -0.142. The van der Waals surface area contributed by atoms with Gasteiger partial charge in [0.25, 0.3) is 5.91 Å². The molecular formula is C14H16N2O3. The number of esters is 1. The first-order valence-corrected chi connectivity index (χ1v) is 5.97. The van der Waals surface area contributed by atoms with Gasteiger partial charge in [0.2, 0.25) is 0 Å². The lowest BCUT2D eigenvalue weighted by Gasteiger charge is -2.10. The zero-order valence-corrected chi connectivity index (χ0v) is 11.1. The first-order valence-electron chi connectivity index (χ1n) is 5.97. The van der Waals surface area contributed by atoms with E-state index in [0.717, 1.165) is 10.9 Å². The maximum absolute atomic E-state index is 12.2. The molecule has 1 aromatic heterocycles. The largest absolute Gasteiger partial charge is 0.467 e. The highest BCUT2D eigenvalue weighted by atomic mass is 16.5. The molecule has 0 radical (unpaired) electrons. The molecule has 1 heterocycles. The summed E-state index contributed by atoms with van der Waals surface area (Å²) in [5.74, 6) is -0.747. The molecule has 0 saturated carbocycles. The van der Waals surface area contributed by atoms with E-state index in [9.17, 15) is 9.59 Å². The molecule has 0 fully saturated rings. The molecule has 0 aliphatic carbocycles. The Hall–Kier alpha value is -2.30. The lowest BCUT2D eigenvalue weighted by atomic mass is 10.1. The number of nitrogens with zero attached hydrogens (tertiary/aromatic N) is 1. The van der Waals surface area contributed by atoms with Crippen molar-refractivity contribution in [2.45, 2.75) is 13.0 Å². The van der Waals surface area contributed by atoms with Crippen LogP contribution < -0.4 is 5.32 Å². The van der Waals surface area contributed by atoms with E-state index < -0.39 is 12.0 Å². The Bertz CT molecular complexity index is 631. The zero-order valence-electron chi connectivity index (χ0n) is 11.1. The van der Waals surface area contributed by atoms with E-state index in [2.05, 4.69) is 10.1 Å². The molecule has 19 heavy (non-hydrogen) atoms. The van der Waals surface area contributed by atoms with Gasteiger partial charge in [-0.1, -0.05) is 18.2 Å². The van der Waals surface area contributed by atoms with Crippen molar-refractivity contribution in [1.82, 2.24) is 9.88 Å². The number of ether oxygens (including phenoxy) is 1. The third kappa shape index (κ3) is 2.45. The predicted molar refractivity (Wildman–Crippen MR) is 71.9 cm³/mol. The fourth-order valence-electron chi connectivity index (χ4n) is 2.03. The number of hydrogen-bond donors (Lipinski definition) is 1. The van der Waals surface area contributed by atoms with Gasteiger partial charge in [-0.3, -0.25) is 4.79 Å². The Labute approximate surface area is 111 Å². The molecule has 0 spiro atoms. The highest BCUT2D eigenvalue weighted by Gasteiger charge is 2.19. The summed E-state index contributed by atoms with van der Waals surface area (Å²) >= 11 is 0. The van der Waals surface area contributed by atoms with Gasteiger partial charge >= 0.3 is 5.97 Å². The summed E-state index contributed by atoms with van der Waals surface area (Å²) in [5.41, 5.74) is 1.52. The minimum Gasteiger partial charge on any atom is -0.467 e. The highest BCUT2D eigenvalue weighted by Crippen LogP contribution is 2.20. The van der Waals surface area contributed by atoms with Crippen molar-refractivity contribution < 1.29 is 14.3 Å². The standard InChI is InChI=1S/C14H16N2O3/c1-9(14(18)19-3)15-13(17)11-8-16(2)12-7-5-4-6-10(11)12/h4-9H,1-3H3,(H,15,17)/t9-/m0/s1. The number of hydrogen-bond acceptors (Lipinski definition) is 3. The average Bonchev–Trinajstić information content (AvgIpc) is 2.76. The normalized spacial score (nSPS) is 12.2. The van der Waals surface area contributed by atoms with E-state index >= 15 is 0 Å². The number of nitrogens with one attached hydrogen (secondary N) is 1. The molecule has 2 aromatic rings. The van der Waals surface area contributed by atoms with Crippen LogP contribution in [0.5, 0.6) is 0 Å². The minimum atomic E-state index is -0.670. The molecule has 1 aromatic carbocycles. The van der Waals surface area contributed by atoms with Gasteiger partial charge in [-0.25, -0.2) is 4.79 Å². The van der Waals surface area contributed by atoms with Gasteiger partial charge in [0, 0.05) is 24.1 Å². The van der Waals surface area contributed by atoms with E-state index in [1.165, 1.54) is 7.11 Å². The van der Waals surface area contributed by atoms with Crippen molar-refractivity contribution in [2.75, 3.05) is 7.11 Å². The monoisotopic (exact) mass is 260 g/mol. The molecule has 0 aliphatic heterocycles. The van der Waals surface area contributed by atoms with Crippen molar-refractivity contribution in [3.63, 3.8) is 0 Å². The molecule has 0 aliphatic rings. The molecule has 1 atom stereocenters. The average molecular weight is 260 g/mol. The minimum absolute atomic E-state index is 0.283. The van der Waals surface area contributed by atoms with E-state index in [1.807, 2.05) is 35.9 Å². The molecule has 100 valence electrons. The van der Waals surface area contributed by atoms with Crippen LogP contribution in [0.4, 0.5) is 0 Å². The summed E-state index contributed by atoms with van der Waals surface area (Å²) in [6.45, 7) is 1.59. The van der Waals surface area contributed by atoms with Crippen molar-refractivity contribution in [3.05, 3.63) is 36.0 Å². The van der Waals surface area contributed by atoms with E-state index in [-0.39, 0.29) is 5.91 Å². The number of para-hydroxylation sites is 1. The third-order valence-electron chi connectivity index (χ3n) is 3.04. The van der Waals surface area contributed by atoms with Crippen molar-refractivity contribution >= 4 is 22.8 Å². The summed E-state index contributed by atoms with van der Waals surface area (Å²) in [5, 5.41) is 3.49. The quantitative estimate of drug-likeness (QED) is 0.850. The van der Waals surface area contributed by atoms with Crippen LogP contribution in [0.2, 0.25) is 0 Å². The van der Waals surface area contributed by atoms with Gasteiger partial charge in [-0.05, 0) is 13.0 Å². The number of methoxy groups -OCH3 is 1. The van der Waals surface area contributed by atoms with Crippen molar-refractivity contribution in [1.29, 1.82) is 0 Å². The summed E-state index contributed by atoms with van der Waals surface area (Å²) in [4.78, 5) is 23.5. The lowest BCUT2D eigenvalue weighted by Crippen LogP contribution is -2.39. The molecular weight excluding hydrogens is 244 g/mol. The second-order valence-electron chi connectivity index (χ2n) is 4.39. The number of rotatable bonds is 3. The molecule has 1 N–H and O–H groups in total. The SMILES string of the molecule is COC(=O)[C@H](C)NC(=O)c1cn(C)c2ccccc12. The number of amides is 1. The summed E-state index contributed by atoms with van der Waals surface area (Å²) in [6.07, 6.45) is 1.75. The van der Waals surface area contributed by atoms with E-state index in [1.54, 1.807) is 13.1 Å². The van der Waals surface area contributed by atoms with E-state index in [0.29, 0.717) is 5.56 Å². The molecule has 2 rings (SSSR count). The van der Waals surface area contributed by atoms with Gasteiger partial charge in [0.05, 0.1) is 12.7 Å². The van der Waals surface area contributed by atoms with Gasteiger partial charge in [0.15, 0.2) is 0 Å². The summed E-state index contributed by atoms with van der Waals surface area (Å²) < 4.78 is 6.46. The number of benzene rings is 1. The van der Waals surface area contributed by atoms with Crippen LogP contribution in [-0.4, -0.2) is 29.6 Å². The first-order chi connectivity index (χ1) is 9.04. The molecule has 5 heteroatoms. The topological polar surface area (TPSA) is 60.3 Å². The van der Waals surface area contributed by atoms with Gasteiger partial charge in [-0.2, -0.15) is 0 Å². The van der Waals surface area contributed by atoms with Crippen LogP contribution in [-0.2, 0) is 16.6 Å². The molecule has 0 bridgehead atoms. The predicted octanol–water partition coefficient (Wildman–Crippen LogP) is 1.47. The maximum Gasteiger partial charge on any atom is 0.328 e. The number of carbonyl (C=O) groups excluding carboxylic acids is 2. The van der Waals surface area contributed by atoms with Crippen molar-refractivity contribution in [2.24, 2.45) is 7.05 Å². The zero-order chi connectivity index (χ0) is 14.0. The second kappa shape index (κ2) is 5.14. The Kier molecular flexibility index (Phi) is 3.55. The molecule has 5 nitrogen and oxygen atoms in total. The molecule has 0 unspecified atom stereocenters. The van der Waals surface area contributed by atoms with Crippen molar-refractivity contribution in [3.8, 4) is 0 Å². The first kappa shape index (κ1) is 13.1. The van der Waals surface area contributed by atoms with Gasteiger partial charge in [0.1, 0.15) is 6.04 Å². The van der Waals surface area contributed by atoms with Crippen LogP contribution >= 0.6 is 0 Å². The summed E-state index contributed by atoms with van der Waals surface area (Å²) in [7, 11) is 3.17. The Balaban J connectivity index is 2.30. The number of aromatic nitrogens is 1. The number of aryl methyl sites for hydroxylation is 1. The molecule has 1 amide bonds. The number of fused-ring (bicyclic) bond motifs is 1. The van der Waals surface area contributed by atoms with Gasteiger partial charge in [-0.15, -0.1) is 0 Å². The Morgan fingerprint density at radius 3 is 2.68 bits per heavy atom.